The Kier molecular flexibility index (Phi) is 19.3. The maximum atomic E-state index is 12.1. The SMILES string of the molecule is CCCC/C=C/CC/C=C/CC/C=C/C(O)C(COC1OC(CO)C(OC2OC(CO)C(O)C(O)C2O)C(O)C1O)NC(=O)CC. The van der Waals surface area contributed by atoms with Crippen molar-refractivity contribution in [1.82, 2.24) is 5.32 Å². The van der Waals surface area contributed by atoms with E-state index in [0.717, 1.165) is 25.7 Å². The number of carbonyl (C=O) groups is 1. The first-order chi connectivity index (χ1) is 22.1. The molecular weight excluding hydrogens is 606 g/mol. The second kappa shape index (κ2) is 22.0. The van der Waals surface area contributed by atoms with Crippen LogP contribution >= 0.6 is 0 Å². The summed E-state index contributed by atoms with van der Waals surface area (Å²) in [6.45, 7) is 2.06. The van der Waals surface area contributed by atoms with Gasteiger partial charge in [-0.15, -0.1) is 0 Å². The van der Waals surface area contributed by atoms with Crippen molar-refractivity contribution in [3.05, 3.63) is 36.5 Å². The molecule has 2 rings (SSSR count). The monoisotopic (exact) mass is 661 g/mol. The summed E-state index contributed by atoms with van der Waals surface area (Å²) in [4.78, 5) is 12.1. The number of allylic oxidation sites excluding steroid dienone is 5. The largest absolute Gasteiger partial charge is 0.394 e. The van der Waals surface area contributed by atoms with Crippen molar-refractivity contribution in [2.45, 2.75) is 139 Å². The number of carbonyl (C=O) groups excluding carboxylic acids is 1. The molecular formula is C32H55NO13. The number of hydrogen-bond acceptors (Lipinski definition) is 13. The van der Waals surface area contributed by atoms with E-state index >= 15 is 0 Å². The Labute approximate surface area is 270 Å². The van der Waals surface area contributed by atoms with E-state index in [1.807, 2.05) is 0 Å². The summed E-state index contributed by atoms with van der Waals surface area (Å²) in [6.07, 6.45) is 1.96. The lowest BCUT2D eigenvalue weighted by Gasteiger charge is -2.46. The molecule has 2 aliphatic rings. The van der Waals surface area contributed by atoms with Crippen molar-refractivity contribution >= 4 is 5.91 Å². The van der Waals surface area contributed by atoms with Gasteiger partial charge in [0, 0.05) is 6.42 Å². The van der Waals surface area contributed by atoms with Gasteiger partial charge in [-0.1, -0.05) is 63.1 Å². The molecule has 0 aromatic heterocycles. The molecule has 0 spiro atoms. The summed E-state index contributed by atoms with van der Waals surface area (Å²) >= 11 is 0. The number of amides is 1. The molecule has 12 unspecified atom stereocenters. The Bertz CT molecular complexity index is 930. The Hall–Kier alpha value is -1.79. The number of rotatable bonds is 20. The third kappa shape index (κ3) is 12.7. The molecule has 266 valence electrons. The lowest BCUT2D eigenvalue weighted by Crippen LogP contribution is -2.65. The van der Waals surface area contributed by atoms with Gasteiger partial charge >= 0.3 is 0 Å². The summed E-state index contributed by atoms with van der Waals surface area (Å²) < 4.78 is 22.1. The molecule has 46 heavy (non-hydrogen) atoms. The van der Waals surface area contributed by atoms with Crippen LogP contribution in [0.25, 0.3) is 0 Å². The van der Waals surface area contributed by atoms with Gasteiger partial charge in [0.25, 0.3) is 0 Å². The van der Waals surface area contributed by atoms with Gasteiger partial charge < -0.3 is 65.1 Å². The minimum absolute atomic E-state index is 0.149. The molecule has 2 saturated heterocycles. The van der Waals surface area contributed by atoms with Crippen LogP contribution in [0, 0.1) is 0 Å². The fourth-order valence-corrected chi connectivity index (χ4v) is 4.97. The Morgan fingerprint density at radius 3 is 1.91 bits per heavy atom. The summed E-state index contributed by atoms with van der Waals surface area (Å²) in [5.74, 6) is -0.348. The molecule has 2 fully saturated rings. The lowest BCUT2D eigenvalue weighted by molar-refractivity contribution is -0.359. The average molecular weight is 662 g/mol. The number of unbranched alkanes of at least 4 members (excludes halogenated alkanes) is 4. The van der Waals surface area contributed by atoms with Crippen LogP contribution in [0.1, 0.15) is 65.2 Å². The zero-order chi connectivity index (χ0) is 34.1. The molecule has 0 radical (unpaired) electrons. The number of ether oxygens (including phenoxy) is 4. The molecule has 0 aromatic rings. The molecule has 2 heterocycles. The number of nitrogens with one attached hydrogen (secondary N) is 1. The van der Waals surface area contributed by atoms with Crippen LogP contribution in [0.4, 0.5) is 0 Å². The maximum Gasteiger partial charge on any atom is 0.220 e. The van der Waals surface area contributed by atoms with E-state index in [1.165, 1.54) is 12.8 Å². The highest BCUT2D eigenvalue weighted by Crippen LogP contribution is 2.29. The fraction of sp³-hybridized carbons (Fsp3) is 0.781. The van der Waals surface area contributed by atoms with Crippen molar-refractivity contribution < 1.29 is 64.6 Å². The predicted molar refractivity (Wildman–Crippen MR) is 166 cm³/mol. The zero-order valence-corrected chi connectivity index (χ0v) is 26.8. The van der Waals surface area contributed by atoms with E-state index in [0.29, 0.717) is 6.42 Å². The number of aliphatic hydroxyl groups excluding tert-OH is 8. The van der Waals surface area contributed by atoms with E-state index < -0.39 is 86.8 Å². The minimum Gasteiger partial charge on any atom is -0.394 e. The Morgan fingerprint density at radius 2 is 1.33 bits per heavy atom. The second-order valence-corrected chi connectivity index (χ2v) is 11.5. The molecule has 2 aliphatic heterocycles. The topological polar surface area (TPSA) is 228 Å². The predicted octanol–water partition coefficient (Wildman–Crippen LogP) is -0.698. The van der Waals surface area contributed by atoms with E-state index in [4.69, 9.17) is 18.9 Å². The van der Waals surface area contributed by atoms with E-state index in [9.17, 15) is 45.6 Å². The minimum atomic E-state index is -1.79. The van der Waals surface area contributed by atoms with Gasteiger partial charge in [-0.2, -0.15) is 0 Å². The second-order valence-electron chi connectivity index (χ2n) is 11.5. The van der Waals surface area contributed by atoms with Gasteiger partial charge in [0.05, 0.1) is 32.0 Å². The highest BCUT2D eigenvalue weighted by atomic mass is 16.7. The zero-order valence-electron chi connectivity index (χ0n) is 26.8. The molecule has 0 saturated carbocycles. The van der Waals surface area contributed by atoms with Crippen molar-refractivity contribution in [3.63, 3.8) is 0 Å². The summed E-state index contributed by atoms with van der Waals surface area (Å²) in [7, 11) is 0. The van der Waals surface area contributed by atoms with Crippen LogP contribution in [0.5, 0.6) is 0 Å². The van der Waals surface area contributed by atoms with Gasteiger partial charge in [-0.05, 0) is 32.1 Å². The van der Waals surface area contributed by atoms with Gasteiger partial charge in [-0.25, -0.2) is 0 Å². The summed E-state index contributed by atoms with van der Waals surface area (Å²) in [5.41, 5.74) is 0. The number of hydrogen-bond donors (Lipinski definition) is 9. The van der Waals surface area contributed by atoms with Crippen molar-refractivity contribution in [3.8, 4) is 0 Å². The van der Waals surface area contributed by atoms with Gasteiger partial charge in [0.2, 0.25) is 5.91 Å². The highest BCUT2D eigenvalue weighted by molar-refractivity contribution is 5.75. The summed E-state index contributed by atoms with van der Waals surface area (Å²) in [5, 5.41) is 84.6. The fourth-order valence-electron chi connectivity index (χ4n) is 4.97. The van der Waals surface area contributed by atoms with Crippen molar-refractivity contribution in [2.24, 2.45) is 0 Å². The third-order valence-corrected chi connectivity index (χ3v) is 7.87. The third-order valence-electron chi connectivity index (χ3n) is 7.87. The quantitative estimate of drug-likeness (QED) is 0.0582. The first-order valence-electron chi connectivity index (χ1n) is 16.2. The molecule has 0 bridgehead atoms. The summed E-state index contributed by atoms with van der Waals surface area (Å²) in [6, 6.07) is -0.928. The van der Waals surface area contributed by atoms with E-state index in [2.05, 4.69) is 36.5 Å². The normalized spacial score (nSPS) is 33.6. The molecule has 0 aliphatic carbocycles. The first kappa shape index (κ1) is 40.4. The molecule has 1 amide bonds. The Balaban J connectivity index is 1.93. The van der Waals surface area contributed by atoms with Crippen molar-refractivity contribution in [2.75, 3.05) is 19.8 Å². The lowest BCUT2D eigenvalue weighted by atomic mass is 9.97. The van der Waals surface area contributed by atoms with Gasteiger partial charge in [0.15, 0.2) is 12.6 Å². The highest BCUT2D eigenvalue weighted by Gasteiger charge is 2.50. The van der Waals surface area contributed by atoms with Crippen LogP contribution in [0.2, 0.25) is 0 Å². The van der Waals surface area contributed by atoms with E-state index in [-0.39, 0.29) is 18.9 Å². The maximum absolute atomic E-state index is 12.1. The van der Waals surface area contributed by atoms with Crippen molar-refractivity contribution in [1.29, 1.82) is 0 Å². The average Bonchev–Trinajstić information content (AvgIpc) is 3.05. The number of aliphatic hydroxyl groups is 8. The molecule has 14 heteroatoms. The molecule has 0 aromatic carbocycles. The molecule has 12 atom stereocenters. The van der Waals surface area contributed by atoms with Gasteiger partial charge in [0.1, 0.15) is 48.8 Å². The first-order valence-corrected chi connectivity index (χ1v) is 16.2. The van der Waals surface area contributed by atoms with Crippen LogP contribution in [0.3, 0.4) is 0 Å². The van der Waals surface area contributed by atoms with Crippen LogP contribution in [-0.2, 0) is 23.7 Å². The van der Waals surface area contributed by atoms with Crippen LogP contribution in [0.15, 0.2) is 36.5 Å². The van der Waals surface area contributed by atoms with E-state index in [1.54, 1.807) is 19.1 Å². The molecule has 9 N–H and O–H groups in total. The van der Waals surface area contributed by atoms with Crippen LogP contribution < -0.4 is 5.32 Å². The standard InChI is InChI=1S/C32H55NO13/c1-3-5-6-7-8-9-10-11-12-13-14-15-16-21(36)20(33-24(37)4-2)19-43-31-29(42)27(40)30(23(18-35)45-31)46-32-28(41)26(39)25(38)22(17-34)44-32/h7-8,11-12,15-16,20-23,25-32,34-36,38-42H,3-6,9-10,13-14,17-19H2,1-2H3,(H,33,37)/b8-7+,12-11+,16-15+. The van der Waals surface area contributed by atoms with Crippen LogP contribution in [-0.4, -0.2) is 140 Å². The smallest absolute Gasteiger partial charge is 0.220 e. The van der Waals surface area contributed by atoms with Gasteiger partial charge in [-0.3, -0.25) is 4.79 Å². The molecule has 14 nitrogen and oxygen atoms in total. The Morgan fingerprint density at radius 1 is 0.761 bits per heavy atom.